The van der Waals surface area contributed by atoms with Gasteiger partial charge in [-0.15, -0.1) is 11.3 Å². The lowest BCUT2D eigenvalue weighted by Crippen LogP contribution is -2.09. The Labute approximate surface area is 114 Å². The summed E-state index contributed by atoms with van der Waals surface area (Å²) in [5, 5.41) is 0. The van der Waals surface area contributed by atoms with Crippen LogP contribution in [0.15, 0.2) is 36.4 Å². The molecule has 2 rings (SSSR count). The molecule has 1 nitrogen and oxygen atoms in total. The van der Waals surface area contributed by atoms with Crippen LogP contribution in [0.3, 0.4) is 0 Å². The summed E-state index contributed by atoms with van der Waals surface area (Å²) in [6.45, 7) is 2.17. The van der Waals surface area contributed by atoms with Gasteiger partial charge >= 0.3 is 0 Å². The standard InChI is InChI=1S/C13H14INS/c1-2-11-7-8-12(16-11)13(15)9-3-5-10(14)6-4-9/h3-8,13H,2,15H2,1H3. The number of benzene rings is 1. The third kappa shape index (κ3) is 2.64. The summed E-state index contributed by atoms with van der Waals surface area (Å²) in [5.41, 5.74) is 7.43. The van der Waals surface area contributed by atoms with Gasteiger partial charge in [-0.2, -0.15) is 0 Å². The van der Waals surface area contributed by atoms with E-state index < -0.39 is 0 Å². The zero-order valence-corrected chi connectivity index (χ0v) is 12.1. The Balaban J connectivity index is 2.24. The maximum Gasteiger partial charge on any atom is 0.0646 e. The van der Waals surface area contributed by atoms with Crippen molar-refractivity contribution in [2.45, 2.75) is 19.4 Å². The van der Waals surface area contributed by atoms with E-state index in [9.17, 15) is 0 Å². The molecule has 84 valence electrons. The average molecular weight is 343 g/mol. The highest BCUT2D eigenvalue weighted by molar-refractivity contribution is 14.1. The molecule has 1 atom stereocenters. The first-order valence-electron chi connectivity index (χ1n) is 5.30. The number of rotatable bonds is 3. The molecule has 0 radical (unpaired) electrons. The van der Waals surface area contributed by atoms with Gasteiger partial charge in [0.1, 0.15) is 0 Å². The van der Waals surface area contributed by atoms with E-state index in [1.165, 1.54) is 18.9 Å². The smallest absolute Gasteiger partial charge is 0.0646 e. The molecule has 1 heterocycles. The second-order valence-corrected chi connectivity index (χ2v) is 6.13. The first-order valence-corrected chi connectivity index (χ1v) is 7.20. The van der Waals surface area contributed by atoms with Crippen LogP contribution in [0.4, 0.5) is 0 Å². The van der Waals surface area contributed by atoms with Gasteiger partial charge in [-0.1, -0.05) is 19.1 Å². The number of halogens is 1. The Morgan fingerprint density at radius 1 is 1.19 bits per heavy atom. The van der Waals surface area contributed by atoms with E-state index in [1.807, 2.05) is 11.3 Å². The van der Waals surface area contributed by atoms with E-state index in [1.54, 1.807) is 0 Å². The van der Waals surface area contributed by atoms with Gasteiger partial charge in [-0.3, -0.25) is 0 Å². The molecule has 0 saturated heterocycles. The van der Waals surface area contributed by atoms with Gasteiger partial charge < -0.3 is 5.73 Å². The van der Waals surface area contributed by atoms with Gasteiger partial charge in [0.2, 0.25) is 0 Å². The minimum atomic E-state index is 0.0160. The van der Waals surface area contributed by atoms with Crippen molar-refractivity contribution in [1.82, 2.24) is 0 Å². The Bertz CT molecular complexity index is 461. The predicted octanol–water partition coefficient (Wildman–Crippen LogP) is 3.96. The zero-order chi connectivity index (χ0) is 11.5. The van der Waals surface area contributed by atoms with Crippen LogP contribution >= 0.6 is 33.9 Å². The van der Waals surface area contributed by atoms with Gasteiger partial charge in [-0.05, 0) is 58.8 Å². The molecule has 1 unspecified atom stereocenters. The van der Waals surface area contributed by atoms with Crippen LogP contribution in [0.2, 0.25) is 0 Å². The van der Waals surface area contributed by atoms with Gasteiger partial charge in [0, 0.05) is 13.3 Å². The largest absolute Gasteiger partial charge is 0.320 e. The lowest BCUT2D eigenvalue weighted by molar-refractivity contribution is 0.893. The van der Waals surface area contributed by atoms with Crippen molar-refractivity contribution in [3.8, 4) is 0 Å². The quantitative estimate of drug-likeness (QED) is 0.839. The SMILES string of the molecule is CCc1ccc(C(N)c2ccc(I)cc2)s1. The zero-order valence-electron chi connectivity index (χ0n) is 9.11. The normalized spacial score (nSPS) is 12.7. The van der Waals surface area contributed by atoms with Crippen molar-refractivity contribution in [3.05, 3.63) is 55.3 Å². The highest BCUT2D eigenvalue weighted by atomic mass is 127. The fourth-order valence-electron chi connectivity index (χ4n) is 1.59. The summed E-state index contributed by atoms with van der Waals surface area (Å²) >= 11 is 4.12. The van der Waals surface area contributed by atoms with Crippen LogP contribution in [-0.4, -0.2) is 0 Å². The van der Waals surface area contributed by atoms with Crippen molar-refractivity contribution in [2.24, 2.45) is 5.73 Å². The molecular formula is C13H14INS. The topological polar surface area (TPSA) is 26.0 Å². The van der Waals surface area contributed by atoms with Crippen LogP contribution in [0.25, 0.3) is 0 Å². The van der Waals surface area contributed by atoms with Crippen molar-refractivity contribution in [3.63, 3.8) is 0 Å². The molecule has 2 N–H and O–H groups in total. The summed E-state index contributed by atoms with van der Waals surface area (Å²) in [5.74, 6) is 0. The Kier molecular flexibility index (Phi) is 4.00. The van der Waals surface area contributed by atoms with Gasteiger partial charge in [-0.25, -0.2) is 0 Å². The van der Waals surface area contributed by atoms with E-state index >= 15 is 0 Å². The van der Waals surface area contributed by atoms with E-state index in [0.717, 1.165) is 6.42 Å². The highest BCUT2D eigenvalue weighted by Gasteiger charge is 2.10. The van der Waals surface area contributed by atoms with Crippen molar-refractivity contribution in [1.29, 1.82) is 0 Å². The fraction of sp³-hybridized carbons (Fsp3) is 0.231. The molecule has 2 aromatic rings. The third-order valence-electron chi connectivity index (χ3n) is 2.57. The Morgan fingerprint density at radius 2 is 1.88 bits per heavy atom. The van der Waals surface area contributed by atoms with Crippen molar-refractivity contribution < 1.29 is 0 Å². The maximum atomic E-state index is 6.24. The first-order chi connectivity index (χ1) is 7.70. The molecule has 0 aliphatic rings. The molecule has 0 saturated carbocycles. The van der Waals surface area contributed by atoms with Crippen LogP contribution in [0.1, 0.15) is 28.3 Å². The highest BCUT2D eigenvalue weighted by Crippen LogP contribution is 2.27. The average Bonchev–Trinajstić information content (AvgIpc) is 2.77. The van der Waals surface area contributed by atoms with Gasteiger partial charge in [0.05, 0.1) is 6.04 Å². The minimum Gasteiger partial charge on any atom is -0.320 e. The van der Waals surface area contributed by atoms with Gasteiger partial charge in [0.15, 0.2) is 0 Å². The molecule has 0 amide bonds. The molecule has 1 aromatic heterocycles. The maximum absolute atomic E-state index is 6.24. The molecule has 1 aromatic carbocycles. The van der Waals surface area contributed by atoms with Crippen molar-refractivity contribution >= 4 is 33.9 Å². The summed E-state index contributed by atoms with van der Waals surface area (Å²) in [7, 11) is 0. The summed E-state index contributed by atoms with van der Waals surface area (Å²) < 4.78 is 1.24. The number of hydrogen-bond donors (Lipinski definition) is 1. The second-order valence-electron chi connectivity index (χ2n) is 3.69. The lowest BCUT2D eigenvalue weighted by Gasteiger charge is -2.09. The molecule has 0 aliphatic heterocycles. The molecular weight excluding hydrogens is 329 g/mol. The predicted molar refractivity (Wildman–Crippen MR) is 78.9 cm³/mol. The van der Waals surface area contributed by atoms with E-state index in [-0.39, 0.29) is 6.04 Å². The Morgan fingerprint density at radius 3 is 2.44 bits per heavy atom. The molecule has 3 heteroatoms. The van der Waals surface area contributed by atoms with E-state index in [4.69, 9.17) is 5.73 Å². The molecule has 16 heavy (non-hydrogen) atoms. The third-order valence-corrected chi connectivity index (χ3v) is 4.60. The van der Waals surface area contributed by atoms with Crippen LogP contribution < -0.4 is 5.73 Å². The lowest BCUT2D eigenvalue weighted by atomic mass is 10.1. The van der Waals surface area contributed by atoms with E-state index in [0.29, 0.717) is 0 Å². The number of thiophene rings is 1. The molecule has 0 bridgehead atoms. The fourth-order valence-corrected chi connectivity index (χ4v) is 2.93. The summed E-state index contributed by atoms with van der Waals surface area (Å²) in [6.07, 6.45) is 1.09. The summed E-state index contributed by atoms with van der Waals surface area (Å²) in [4.78, 5) is 2.65. The number of aryl methyl sites for hydroxylation is 1. The Hall–Kier alpha value is -0.390. The van der Waals surface area contributed by atoms with E-state index in [2.05, 4.69) is 65.9 Å². The molecule has 0 aliphatic carbocycles. The van der Waals surface area contributed by atoms with Crippen LogP contribution in [0.5, 0.6) is 0 Å². The van der Waals surface area contributed by atoms with Crippen molar-refractivity contribution in [2.75, 3.05) is 0 Å². The number of hydrogen-bond acceptors (Lipinski definition) is 2. The molecule has 0 fully saturated rings. The van der Waals surface area contributed by atoms with Gasteiger partial charge in [0.25, 0.3) is 0 Å². The minimum absolute atomic E-state index is 0.0160. The van der Waals surface area contributed by atoms with Crippen LogP contribution in [0, 0.1) is 3.57 Å². The first kappa shape index (κ1) is 12.1. The summed E-state index contributed by atoms with van der Waals surface area (Å²) in [6, 6.07) is 12.8. The van der Waals surface area contributed by atoms with Crippen LogP contribution in [-0.2, 0) is 6.42 Å². The second kappa shape index (κ2) is 5.29. The molecule has 0 spiro atoms. The number of nitrogens with two attached hydrogens (primary N) is 1. The monoisotopic (exact) mass is 343 g/mol.